The van der Waals surface area contributed by atoms with Crippen molar-refractivity contribution in [2.24, 2.45) is 0 Å². The summed E-state index contributed by atoms with van der Waals surface area (Å²) >= 11 is 2.01. The molecule has 64 valence electrons. The van der Waals surface area contributed by atoms with E-state index in [1.54, 1.807) is 0 Å². The highest BCUT2D eigenvalue weighted by atomic mass is 32.2. The fourth-order valence-corrected chi connectivity index (χ4v) is 2.59. The van der Waals surface area contributed by atoms with Crippen molar-refractivity contribution in [2.75, 3.05) is 6.54 Å². The third kappa shape index (κ3) is 1.65. The van der Waals surface area contributed by atoms with Crippen LogP contribution in [0.4, 0.5) is 0 Å². The van der Waals surface area contributed by atoms with Crippen molar-refractivity contribution in [1.82, 2.24) is 5.32 Å². The molecule has 1 heterocycles. The van der Waals surface area contributed by atoms with Gasteiger partial charge < -0.3 is 5.32 Å². The molecule has 1 saturated heterocycles. The van der Waals surface area contributed by atoms with Crippen LogP contribution in [-0.4, -0.2) is 11.8 Å². The van der Waals surface area contributed by atoms with Crippen molar-refractivity contribution < 1.29 is 0 Å². The Morgan fingerprint density at radius 3 is 2.67 bits per heavy atom. The average Bonchev–Trinajstić information content (AvgIpc) is 2.54. The van der Waals surface area contributed by atoms with Crippen LogP contribution in [-0.2, 0) is 0 Å². The fraction of sp³-hybridized carbons (Fsp3) is 0.400. The first-order valence-corrected chi connectivity index (χ1v) is 5.24. The zero-order valence-corrected chi connectivity index (χ0v) is 7.97. The van der Waals surface area contributed by atoms with Crippen molar-refractivity contribution >= 4 is 11.8 Å². The molecule has 0 amide bonds. The van der Waals surface area contributed by atoms with E-state index in [4.69, 9.17) is 0 Å². The van der Waals surface area contributed by atoms with Gasteiger partial charge in [-0.3, -0.25) is 0 Å². The van der Waals surface area contributed by atoms with E-state index in [1.165, 1.54) is 5.56 Å². The standard InChI is InChI=1S/C10H13NS/c1-8-7-11-10(12-8)9-5-3-2-4-6-9/h2-6,8,10-11H,7H2,1H3/t8-,10-/m0/s1. The minimum atomic E-state index is 0.515. The number of benzene rings is 1. The Hall–Kier alpha value is -0.470. The molecule has 2 atom stereocenters. The number of thioether (sulfide) groups is 1. The van der Waals surface area contributed by atoms with Gasteiger partial charge in [-0.2, -0.15) is 0 Å². The third-order valence-corrected chi connectivity index (χ3v) is 3.40. The van der Waals surface area contributed by atoms with Crippen molar-refractivity contribution in [3.63, 3.8) is 0 Å². The van der Waals surface area contributed by atoms with Gasteiger partial charge in [-0.25, -0.2) is 0 Å². The molecule has 0 unspecified atom stereocenters. The molecule has 0 bridgehead atoms. The molecular weight excluding hydrogens is 166 g/mol. The fourth-order valence-electron chi connectivity index (χ4n) is 1.43. The number of rotatable bonds is 1. The molecule has 1 nitrogen and oxygen atoms in total. The maximum absolute atomic E-state index is 3.49. The summed E-state index contributed by atoms with van der Waals surface area (Å²) in [6.07, 6.45) is 0. The van der Waals surface area contributed by atoms with Crippen LogP contribution in [0.5, 0.6) is 0 Å². The molecule has 1 aliphatic rings. The molecule has 1 aromatic rings. The average molecular weight is 179 g/mol. The molecule has 1 N–H and O–H groups in total. The van der Waals surface area contributed by atoms with Crippen molar-refractivity contribution in [3.05, 3.63) is 35.9 Å². The number of nitrogens with one attached hydrogen (secondary N) is 1. The van der Waals surface area contributed by atoms with Gasteiger partial charge in [0.2, 0.25) is 0 Å². The predicted octanol–water partition coefficient (Wildman–Crippen LogP) is 2.41. The topological polar surface area (TPSA) is 12.0 Å². The molecule has 0 radical (unpaired) electrons. The third-order valence-electron chi connectivity index (χ3n) is 2.06. The molecule has 1 fully saturated rings. The summed E-state index contributed by atoms with van der Waals surface area (Å²) in [5.41, 5.74) is 1.40. The van der Waals surface area contributed by atoms with Gasteiger partial charge in [0.25, 0.3) is 0 Å². The highest BCUT2D eigenvalue weighted by Crippen LogP contribution is 2.34. The predicted molar refractivity (Wildman–Crippen MR) is 54.2 cm³/mol. The van der Waals surface area contributed by atoms with Crippen LogP contribution in [0.2, 0.25) is 0 Å². The van der Waals surface area contributed by atoms with Crippen molar-refractivity contribution in [1.29, 1.82) is 0 Å². The van der Waals surface area contributed by atoms with Gasteiger partial charge in [-0.05, 0) is 5.56 Å². The van der Waals surface area contributed by atoms with Crippen molar-refractivity contribution in [3.8, 4) is 0 Å². The van der Waals surface area contributed by atoms with E-state index in [1.807, 2.05) is 11.8 Å². The Kier molecular flexibility index (Phi) is 2.38. The maximum atomic E-state index is 3.49. The monoisotopic (exact) mass is 179 g/mol. The molecule has 1 aliphatic heterocycles. The van der Waals surface area contributed by atoms with E-state index in [2.05, 4.69) is 42.6 Å². The summed E-state index contributed by atoms with van der Waals surface area (Å²) in [6, 6.07) is 10.6. The van der Waals surface area contributed by atoms with Crippen LogP contribution in [0.3, 0.4) is 0 Å². The van der Waals surface area contributed by atoms with Gasteiger partial charge in [0.15, 0.2) is 0 Å². The zero-order chi connectivity index (χ0) is 8.39. The first-order chi connectivity index (χ1) is 5.86. The normalized spacial score (nSPS) is 29.1. The van der Waals surface area contributed by atoms with E-state index in [9.17, 15) is 0 Å². The highest BCUT2D eigenvalue weighted by Gasteiger charge is 2.21. The molecule has 0 aliphatic carbocycles. The van der Waals surface area contributed by atoms with E-state index in [0.717, 1.165) is 11.8 Å². The second-order valence-electron chi connectivity index (χ2n) is 3.15. The number of hydrogen-bond acceptors (Lipinski definition) is 2. The first-order valence-electron chi connectivity index (χ1n) is 4.30. The van der Waals surface area contributed by atoms with Crippen LogP contribution >= 0.6 is 11.8 Å². The molecule has 2 heteroatoms. The van der Waals surface area contributed by atoms with Gasteiger partial charge in [-0.1, -0.05) is 37.3 Å². The van der Waals surface area contributed by atoms with Gasteiger partial charge in [-0.15, -0.1) is 11.8 Å². The molecule has 0 saturated carbocycles. The Morgan fingerprint density at radius 1 is 1.33 bits per heavy atom. The van der Waals surface area contributed by atoms with Gasteiger partial charge in [0.05, 0.1) is 5.37 Å². The van der Waals surface area contributed by atoms with Gasteiger partial charge in [0, 0.05) is 11.8 Å². The Bertz CT molecular complexity index is 247. The minimum absolute atomic E-state index is 0.515. The summed E-state index contributed by atoms with van der Waals surface area (Å²) in [6.45, 7) is 3.39. The zero-order valence-electron chi connectivity index (χ0n) is 7.16. The Labute approximate surface area is 77.6 Å². The van der Waals surface area contributed by atoms with E-state index in [0.29, 0.717) is 5.37 Å². The number of hydrogen-bond donors (Lipinski definition) is 1. The summed E-state index contributed by atoms with van der Waals surface area (Å²) in [5.74, 6) is 0. The lowest BCUT2D eigenvalue weighted by Gasteiger charge is -2.08. The lowest BCUT2D eigenvalue weighted by molar-refractivity contribution is 0.718. The lowest BCUT2D eigenvalue weighted by Crippen LogP contribution is -2.13. The van der Waals surface area contributed by atoms with Gasteiger partial charge >= 0.3 is 0 Å². The summed E-state index contributed by atoms with van der Waals surface area (Å²) in [5, 5.41) is 4.75. The quantitative estimate of drug-likeness (QED) is 0.710. The van der Waals surface area contributed by atoms with E-state index in [-0.39, 0.29) is 0 Å². The van der Waals surface area contributed by atoms with Gasteiger partial charge in [0.1, 0.15) is 0 Å². The second kappa shape index (κ2) is 3.50. The first kappa shape index (κ1) is 8.14. The molecule has 1 aromatic carbocycles. The summed E-state index contributed by atoms with van der Waals surface area (Å²) in [4.78, 5) is 0. The molecule has 0 aromatic heterocycles. The molecule has 0 spiro atoms. The minimum Gasteiger partial charge on any atom is -0.301 e. The van der Waals surface area contributed by atoms with E-state index < -0.39 is 0 Å². The van der Waals surface area contributed by atoms with Crippen LogP contribution < -0.4 is 5.32 Å². The smallest absolute Gasteiger partial charge is 0.0792 e. The van der Waals surface area contributed by atoms with Crippen molar-refractivity contribution in [2.45, 2.75) is 17.5 Å². The SMILES string of the molecule is C[C@H]1CN[C@H](c2ccccc2)S1. The van der Waals surface area contributed by atoms with Crippen LogP contribution in [0, 0.1) is 0 Å². The lowest BCUT2D eigenvalue weighted by atomic mass is 10.2. The van der Waals surface area contributed by atoms with E-state index >= 15 is 0 Å². The Balaban J connectivity index is 2.11. The second-order valence-corrected chi connectivity index (χ2v) is 4.69. The summed E-state index contributed by atoms with van der Waals surface area (Å²) < 4.78 is 0. The maximum Gasteiger partial charge on any atom is 0.0792 e. The van der Waals surface area contributed by atoms with Crippen LogP contribution in [0.15, 0.2) is 30.3 Å². The highest BCUT2D eigenvalue weighted by molar-refractivity contribution is 8.00. The van der Waals surface area contributed by atoms with Crippen LogP contribution in [0.1, 0.15) is 17.9 Å². The Morgan fingerprint density at radius 2 is 2.08 bits per heavy atom. The summed E-state index contributed by atoms with van der Waals surface area (Å²) in [7, 11) is 0. The molecule has 12 heavy (non-hydrogen) atoms. The van der Waals surface area contributed by atoms with Crippen LogP contribution in [0.25, 0.3) is 0 Å². The molecule has 2 rings (SSSR count). The largest absolute Gasteiger partial charge is 0.301 e. The molecular formula is C10H13NS.